The van der Waals surface area contributed by atoms with E-state index in [1.807, 2.05) is 12.1 Å². The van der Waals surface area contributed by atoms with Gasteiger partial charge in [-0.25, -0.2) is 0 Å². The molecule has 0 saturated heterocycles. The largest absolute Gasteiger partial charge is 0.198 e. The van der Waals surface area contributed by atoms with E-state index in [-0.39, 0.29) is 5.92 Å². The Bertz CT molecular complexity index is 379. The van der Waals surface area contributed by atoms with Gasteiger partial charge in [-0.05, 0) is 18.1 Å². The summed E-state index contributed by atoms with van der Waals surface area (Å²) in [6.45, 7) is 4.21. The third-order valence-corrected chi connectivity index (χ3v) is 3.34. The van der Waals surface area contributed by atoms with Crippen LogP contribution < -0.4 is 0 Å². The second-order valence-electron chi connectivity index (χ2n) is 3.53. The van der Waals surface area contributed by atoms with Gasteiger partial charge in [0.1, 0.15) is 10.9 Å². The van der Waals surface area contributed by atoms with Crippen molar-refractivity contribution in [1.82, 2.24) is 0 Å². The SMILES string of the molecule is CC(C)C(CC#N)c1ccc(C#N)s1. The maximum atomic E-state index is 8.70. The molecule has 0 aromatic carbocycles. The molecule has 1 aromatic heterocycles. The Morgan fingerprint density at radius 1 is 1.36 bits per heavy atom. The van der Waals surface area contributed by atoms with Crippen LogP contribution in [0.3, 0.4) is 0 Å². The van der Waals surface area contributed by atoms with Crippen LogP contribution in [0.5, 0.6) is 0 Å². The minimum atomic E-state index is 0.270. The zero-order valence-electron chi connectivity index (χ0n) is 8.32. The fourth-order valence-corrected chi connectivity index (χ4v) is 2.45. The van der Waals surface area contributed by atoms with Gasteiger partial charge in [0.15, 0.2) is 0 Å². The topological polar surface area (TPSA) is 47.6 Å². The second-order valence-corrected chi connectivity index (χ2v) is 4.64. The number of thiophene rings is 1. The van der Waals surface area contributed by atoms with E-state index in [1.54, 1.807) is 0 Å². The number of rotatable bonds is 3. The van der Waals surface area contributed by atoms with Gasteiger partial charge in [-0.1, -0.05) is 13.8 Å². The van der Waals surface area contributed by atoms with Crippen LogP contribution in [0.4, 0.5) is 0 Å². The molecule has 0 aliphatic carbocycles. The van der Waals surface area contributed by atoms with Gasteiger partial charge in [0.05, 0.1) is 6.07 Å². The number of nitriles is 2. The monoisotopic (exact) mass is 204 g/mol. The van der Waals surface area contributed by atoms with Gasteiger partial charge >= 0.3 is 0 Å². The molecule has 0 N–H and O–H groups in total. The highest BCUT2D eigenvalue weighted by Crippen LogP contribution is 2.32. The first-order chi connectivity index (χ1) is 6.69. The Morgan fingerprint density at radius 2 is 2.07 bits per heavy atom. The van der Waals surface area contributed by atoms with Gasteiger partial charge in [-0.15, -0.1) is 11.3 Å². The standard InChI is InChI=1S/C11H12N2S/c1-8(2)10(5-6-12)11-4-3-9(7-13)14-11/h3-4,8,10H,5H2,1-2H3. The van der Waals surface area contributed by atoms with Crippen molar-refractivity contribution in [2.24, 2.45) is 5.92 Å². The average molecular weight is 204 g/mol. The molecule has 2 nitrogen and oxygen atoms in total. The van der Waals surface area contributed by atoms with Gasteiger partial charge in [-0.3, -0.25) is 0 Å². The average Bonchev–Trinajstić information content (AvgIpc) is 2.61. The van der Waals surface area contributed by atoms with E-state index in [1.165, 1.54) is 11.3 Å². The van der Waals surface area contributed by atoms with E-state index >= 15 is 0 Å². The van der Waals surface area contributed by atoms with Crippen LogP contribution in [0.1, 0.15) is 35.9 Å². The highest BCUT2D eigenvalue weighted by Gasteiger charge is 2.17. The molecule has 0 aliphatic rings. The molecule has 0 saturated carbocycles. The summed E-state index contributed by atoms with van der Waals surface area (Å²) in [5.74, 6) is 0.715. The normalized spacial score (nSPS) is 12.1. The molecule has 1 unspecified atom stereocenters. The molecule has 3 heteroatoms. The Hall–Kier alpha value is -1.32. The van der Waals surface area contributed by atoms with E-state index in [9.17, 15) is 0 Å². The summed E-state index contributed by atoms with van der Waals surface area (Å²) in [4.78, 5) is 1.88. The van der Waals surface area contributed by atoms with Crippen molar-refractivity contribution in [3.05, 3.63) is 21.9 Å². The van der Waals surface area contributed by atoms with Gasteiger partial charge < -0.3 is 0 Å². The molecule has 1 atom stereocenters. The van der Waals surface area contributed by atoms with Crippen LogP contribution in [-0.4, -0.2) is 0 Å². The lowest BCUT2D eigenvalue weighted by atomic mass is 9.92. The molecule has 0 fully saturated rings. The van der Waals surface area contributed by atoms with E-state index in [4.69, 9.17) is 10.5 Å². The van der Waals surface area contributed by atoms with E-state index in [2.05, 4.69) is 26.0 Å². The Kier molecular flexibility index (Phi) is 3.68. The maximum Gasteiger partial charge on any atom is 0.110 e. The second kappa shape index (κ2) is 4.79. The third kappa shape index (κ3) is 2.34. The molecule has 0 amide bonds. The highest BCUT2D eigenvalue weighted by atomic mass is 32.1. The summed E-state index contributed by atoms with van der Waals surface area (Å²) in [5.41, 5.74) is 0. The minimum absolute atomic E-state index is 0.270. The predicted octanol–water partition coefficient (Wildman–Crippen LogP) is 3.27. The quantitative estimate of drug-likeness (QED) is 0.758. The van der Waals surface area contributed by atoms with Crippen LogP contribution in [0.2, 0.25) is 0 Å². The molecule has 0 bridgehead atoms. The molecular weight excluding hydrogens is 192 g/mol. The van der Waals surface area contributed by atoms with E-state index < -0.39 is 0 Å². The predicted molar refractivity (Wildman–Crippen MR) is 56.8 cm³/mol. The lowest BCUT2D eigenvalue weighted by Gasteiger charge is -2.15. The summed E-state index contributed by atoms with van der Waals surface area (Å²) in [6.07, 6.45) is 0.531. The zero-order chi connectivity index (χ0) is 10.6. The maximum absolute atomic E-state index is 8.70. The molecule has 0 radical (unpaired) electrons. The van der Waals surface area contributed by atoms with Gasteiger partial charge in [0.2, 0.25) is 0 Å². The molecule has 0 spiro atoms. The summed E-state index contributed by atoms with van der Waals surface area (Å²) < 4.78 is 0. The number of hydrogen-bond acceptors (Lipinski definition) is 3. The van der Waals surface area contributed by atoms with Gasteiger partial charge in [0, 0.05) is 17.2 Å². The lowest BCUT2D eigenvalue weighted by molar-refractivity contribution is 0.513. The molecule has 1 rings (SSSR count). The van der Waals surface area contributed by atoms with Crippen molar-refractivity contribution < 1.29 is 0 Å². The summed E-state index contributed by atoms with van der Waals surface area (Å²) >= 11 is 1.50. The van der Waals surface area contributed by atoms with Gasteiger partial charge in [0.25, 0.3) is 0 Å². The van der Waals surface area contributed by atoms with Crippen molar-refractivity contribution in [3.8, 4) is 12.1 Å². The van der Waals surface area contributed by atoms with Crippen molar-refractivity contribution in [2.75, 3.05) is 0 Å². The lowest BCUT2D eigenvalue weighted by Crippen LogP contribution is -2.03. The first-order valence-corrected chi connectivity index (χ1v) is 5.37. The van der Waals surface area contributed by atoms with Crippen LogP contribution in [-0.2, 0) is 0 Å². The fourth-order valence-electron chi connectivity index (χ4n) is 1.38. The van der Waals surface area contributed by atoms with Crippen LogP contribution in [0, 0.1) is 28.6 Å². The molecular formula is C11H12N2S. The summed E-state index contributed by atoms with van der Waals surface area (Å²) in [6, 6.07) is 8.11. The molecule has 0 aliphatic heterocycles. The van der Waals surface area contributed by atoms with Crippen molar-refractivity contribution in [1.29, 1.82) is 10.5 Å². The smallest absolute Gasteiger partial charge is 0.110 e. The van der Waals surface area contributed by atoms with Gasteiger partial charge in [-0.2, -0.15) is 10.5 Å². The van der Waals surface area contributed by atoms with E-state index in [0.717, 1.165) is 9.75 Å². The number of hydrogen-bond donors (Lipinski definition) is 0. The Balaban J connectivity index is 2.90. The zero-order valence-corrected chi connectivity index (χ0v) is 9.14. The van der Waals surface area contributed by atoms with Crippen molar-refractivity contribution >= 4 is 11.3 Å². The minimum Gasteiger partial charge on any atom is -0.198 e. The summed E-state index contributed by atoms with van der Waals surface area (Å²) in [5, 5.41) is 17.4. The van der Waals surface area contributed by atoms with Crippen LogP contribution in [0.15, 0.2) is 12.1 Å². The van der Waals surface area contributed by atoms with Crippen LogP contribution in [0.25, 0.3) is 0 Å². The first-order valence-electron chi connectivity index (χ1n) is 4.55. The van der Waals surface area contributed by atoms with Crippen LogP contribution >= 0.6 is 11.3 Å². The molecule has 1 heterocycles. The first kappa shape index (κ1) is 10.8. The Labute approximate surface area is 88.4 Å². The highest BCUT2D eigenvalue weighted by molar-refractivity contribution is 7.12. The molecule has 72 valence electrons. The summed E-state index contributed by atoms with van der Waals surface area (Å²) in [7, 11) is 0. The number of nitrogens with zero attached hydrogens (tertiary/aromatic N) is 2. The third-order valence-electron chi connectivity index (χ3n) is 2.22. The Morgan fingerprint density at radius 3 is 2.50 bits per heavy atom. The molecule has 1 aromatic rings. The van der Waals surface area contributed by atoms with Crippen molar-refractivity contribution in [2.45, 2.75) is 26.2 Å². The van der Waals surface area contributed by atoms with Crippen molar-refractivity contribution in [3.63, 3.8) is 0 Å². The fraction of sp³-hybridized carbons (Fsp3) is 0.455. The molecule has 14 heavy (non-hydrogen) atoms. The van der Waals surface area contributed by atoms with E-state index in [0.29, 0.717) is 12.3 Å².